The fourth-order valence-electron chi connectivity index (χ4n) is 5.25. The third-order valence-corrected chi connectivity index (χ3v) is 6.32. The van der Waals surface area contributed by atoms with Gasteiger partial charge in [0.2, 0.25) is 0 Å². The number of aromatic hydroxyl groups is 1. The lowest BCUT2D eigenvalue weighted by atomic mass is 9.55. The number of phenolic OH excluding ortho intramolecular Hbond substituents is 1. The number of carbonyl (C=O) groups is 1. The number of carbonyl (C=O) groups excluding carboxylic acids is 1. The third kappa shape index (κ3) is 1.54. The van der Waals surface area contributed by atoms with Crippen LogP contribution in [0.2, 0.25) is 0 Å². The number of phenols is 1. The van der Waals surface area contributed by atoms with Crippen molar-refractivity contribution in [1.82, 2.24) is 0 Å². The molecule has 0 unspecified atom stereocenters. The lowest BCUT2D eigenvalue weighted by Crippen LogP contribution is -2.42. The van der Waals surface area contributed by atoms with Crippen LogP contribution in [0.25, 0.3) is 0 Å². The van der Waals surface area contributed by atoms with Gasteiger partial charge < -0.3 is 5.11 Å². The van der Waals surface area contributed by atoms with Crippen LogP contribution in [0.4, 0.5) is 0 Å². The Labute approximate surface area is 121 Å². The zero-order chi connectivity index (χ0) is 14.8. The molecule has 0 spiro atoms. The maximum Gasteiger partial charge on any atom is 0.139 e. The highest BCUT2D eigenvalue weighted by molar-refractivity contribution is 5.87. The van der Waals surface area contributed by atoms with Crippen LogP contribution in [0.1, 0.15) is 57.4 Å². The van der Waals surface area contributed by atoms with Crippen molar-refractivity contribution in [3.8, 4) is 5.75 Å². The number of benzene rings is 1. The number of hydrogen-bond donors (Lipinski definition) is 1. The molecule has 0 heterocycles. The number of rotatable bonds is 0. The molecule has 0 aromatic heterocycles. The highest BCUT2D eigenvalue weighted by atomic mass is 16.3. The summed E-state index contributed by atoms with van der Waals surface area (Å²) in [6.45, 7) is 2.19. The predicted octanol–water partition coefficient (Wildman–Crippen LogP) is 3.82. The molecule has 2 saturated carbocycles. The second-order valence-corrected chi connectivity index (χ2v) is 7.11. The van der Waals surface area contributed by atoms with Crippen molar-refractivity contribution < 1.29 is 11.3 Å². The molecule has 0 amide bonds. The summed E-state index contributed by atoms with van der Waals surface area (Å²) >= 11 is 0. The summed E-state index contributed by atoms with van der Waals surface area (Å²) in [5.74, 6) is 2.18. The Morgan fingerprint density at radius 3 is 3.00 bits per heavy atom. The summed E-state index contributed by atoms with van der Waals surface area (Å²) in [6.07, 6.45) is 5.81. The van der Waals surface area contributed by atoms with Gasteiger partial charge in [0.1, 0.15) is 11.5 Å². The number of Topliss-reactive ketones (excluding diaryl/α,β-unsaturated/α-hetero) is 1. The van der Waals surface area contributed by atoms with Crippen LogP contribution in [0.3, 0.4) is 0 Å². The summed E-state index contributed by atoms with van der Waals surface area (Å²) in [4.78, 5) is 12.3. The van der Waals surface area contributed by atoms with E-state index in [1.807, 2.05) is 6.07 Å². The average molecular weight is 271 g/mol. The quantitative estimate of drug-likeness (QED) is 0.779. The van der Waals surface area contributed by atoms with Gasteiger partial charge in [0.15, 0.2) is 0 Å². The van der Waals surface area contributed by atoms with Gasteiger partial charge in [0.25, 0.3) is 0 Å². The summed E-state index contributed by atoms with van der Waals surface area (Å²) in [5.41, 5.74) is 2.24. The molecule has 0 bridgehead atoms. The fourth-order valence-corrected chi connectivity index (χ4v) is 5.25. The summed E-state index contributed by atoms with van der Waals surface area (Å²) < 4.78 is 8.09. The van der Waals surface area contributed by atoms with Gasteiger partial charge in [-0.25, -0.2) is 0 Å². The maximum atomic E-state index is 12.3. The Bertz CT molecular complexity index is 624. The third-order valence-electron chi connectivity index (χ3n) is 6.32. The van der Waals surface area contributed by atoms with Crippen LogP contribution in [0.15, 0.2) is 18.2 Å². The first-order valence-corrected chi connectivity index (χ1v) is 7.87. The van der Waals surface area contributed by atoms with E-state index in [0.717, 1.165) is 44.1 Å². The second kappa shape index (κ2) is 4.09. The first kappa shape index (κ1) is 11.4. The van der Waals surface area contributed by atoms with Gasteiger partial charge in [0, 0.05) is 11.8 Å². The molecular formula is C18H22O2. The van der Waals surface area contributed by atoms with E-state index < -0.39 is 0 Å². The van der Waals surface area contributed by atoms with Crippen LogP contribution in [0, 0.1) is 17.3 Å². The summed E-state index contributed by atoms with van der Waals surface area (Å²) in [6, 6.07) is 4.03. The SMILES string of the molecule is [2H]c1c(O)ccc2c1CC[C@@H]1[C@@H]2CC[C@]2(C)C(=O)CC[C@@H]12. The molecule has 4 atom stereocenters. The molecule has 0 aliphatic heterocycles. The van der Waals surface area contributed by atoms with Crippen molar-refractivity contribution in [2.24, 2.45) is 17.3 Å². The lowest BCUT2D eigenvalue weighted by molar-refractivity contribution is -0.129. The van der Waals surface area contributed by atoms with Crippen LogP contribution < -0.4 is 0 Å². The van der Waals surface area contributed by atoms with Crippen LogP contribution >= 0.6 is 0 Å². The molecule has 1 N–H and O–H groups in total. The van der Waals surface area contributed by atoms with Crippen LogP contribution in [0.5, 0.6) is 5.75 Å². The van der Waals surface area contributed by atoms with Crippen LogP contribution in [-0.2, 0) is 11.2 Å². The topological polar surface area (TPSA) is 37.3 Å². The molecule has 2 nitrogen and oxygen atoms in total. The molecule has 3 aliphatic rings. The fraction of sp³-hybridized carbons (Fsp3) is 0.611. The zero-order valence-corrected chi connectivity index (χ0v) is 12.0. The highest BCUT2D eigenvalue weighted by Crippen LogP contribution is 2.59. The minimum Gasteiger partial charge on any atom is -0.508 e. The first-order valence-electron chi connectivity index (χ1n) is 8.37. The summed E-state index contributed by atoms with van der Waals surface area (Å²) in [7, 11) is 0. The van der Waals surface area contributed by atoms with Gasteiger partial charge in [-0.15, -0.1) is 0 Å². The van der Waals surface area contributed by atoms with E-state index in [-0.39, 0.29) is 11.2 Å². The van der Waals surface area contributed by atoms with E-state index >= 15 is 0 Å². The standard InChI is InChI=1S/C18H22O2/c1-18-9-8-14-13-5-3-12(19)10-11(13)2-4-15(14)16(18)6-7-17(18)20/h3,5,10,14-16,19H,2,4,6-9H2,1H3/t14-,15-,16+,18+/m1/s1/i10D. The minimum absolute atomic E-state index is 0.0839. The Kier molecular flexibility index (Phi) is 2.33. The molecule has 106 valence electrons. The molecule has 20 heavy (non-hydrogen) atoms. The molecule has 1 aromatic carbocycles. The number of hydrogen-bond acceptors (Lipinski definition) is 2. The van der Waals surface area contributed by atoms with Gasteiger partial charge in [-0.05, 0) is 73.1 Å². The van der Waals surface area contributed by atoms with Gasteiger partial charge in [-0.3, -0.25) is 4.79 Å². The Morgan fingerprint density at radius 2 is 2.15 bits per heavy atom. The minimum atomic E-state index is -0.0839. The van der Waals surface area contributed by atoms with E-state index in [1.54, 1.807) is 6.07 Å². The normalized spacial score (nSPS) is 39.8. The molecule has 2 fully saturated rings. The first-order chi connectivity index (χ1) is 10.0. The zero-order valence-electron chi connectivity index (χ0n) is 13.0. The van der Waals surface area contributed by atoms with Crippen molar-refractivity contribution in [2.75, 3.05) is 0 Å². The van der Waals surface area contributed by atoms with E-state index in [1.165, 1.54) is 5.56 Å². The van der Waals surface area contributed by atoms with Crippen molar-refractivity contribution in [3.63, 3.8) is 0 Å². The van der Waals surface area contributed by atoms with Crippen molar-refractivity contribution in [2.45, 2.75) is 51.4 Å². The van der Waals surface area contributed by atoms with E-state index in [2.05, 4.69) is 6.92 Å². The average Bonchev–Trinajstić information content (AvgIpc) is 2.78. The lowest BCUT2D eigenvalue weighted by Gasteiger charge is -2.48. The largest absolute Gasteiger partial charge is 0.508 e. The van der Waals surface area contributed by atoms with Gasteiger partial charge in [-0.1, -0.05) is 13.0 Å². The molecule has 4 rings (SSSR count). The maximum absolute atomic E-state index is 12.3. The van der Waals surface area contributed by atoms with E-state index in [0.29, 0.717) is 29.6 Å². The Hall–Kier alpha value is -1.31. The monoisotopic (exact) mass is 271 g/mol. The Morgan fingerprint density at radius 1 is 1.30 bits per heavy atom. The van der Waals surface area contributed by atoms with Crippen molar-refractivity contribution >= 4 is 5.78 Å². The predicted molar refractivity (Wildman–Crippen MR) is 77.7 cm³/mol. The van der Waals surface area contributed by atoms with Crippen molar-refractivity contribution in [3.05, 3.63) is 29.3 Å². The Balaban J connectivity index is 1.75. The molecule has 0 radical (unpaired) electrons. The molecule has 0 saturated heterocycles. The molecule has 1 aromatic rings. The highest BCUT2D eigenvalue weighted by Gasteiger charge is 2.54. The van der Waals surface area contributed by atoms with E-state index in [9.17, 15) is 9.90 Å². The molecule has 2 heteroatoms. The molecular weight excluding hydrogens is 248 g/mol. The number of fused-ring (bicyclic) bond motifs is 5. The smallest absolute Gasteiger partial charge is 0.139 e. The van der Waals surface area contributed by atoms with Gasteiger partial charge >= 0.3 is 0 Å². The van der Waals surface area contributed by atoms with Crippen LogP contribution in [-0.4, -0.2) is 10.9 Å². The number of ketones is 1. The molecule has 3 aliphatic carbocycles. The second-order valence-electron chi connectivity index (χ2n) is 7.11. The van der Waals surface area contributed by atoms with E-state index in [4.69, 9.17) is 1.37 Å². The summed E-state index contributed by atoms with van der Waals surface area (Å²) in [5, 5.41) is 9.77. The van der Waals surface area contributed by atoms with Gasteiger partial charge in [0.05, 0.1) is 1.37 Å². The van der Waals surface area contributed by atoms with Crippen molar-refractivity contribution in [1.29, 1.82) is 0 Å². The van der Waals surface area contributed by atoms with Gasteiger partial charge in [-0.2, -0.15) is 0 Å².